The molecule has 1 N–H and O–H groups in total. The Labute approximate surface area is 199 Å². The van der Waals surface area contributed by atoms with Crippen LogP contribution < -0.4 is 4.74 Å². The van der Waals surface area contributed by atoms with E-state index < -0.39 is 5.91 Å². The Hall–Kier alpha value is -3.62. The van der Waals surface area contributed by atoms with Crippen LogP contribution in [0.3, 0.4) is 0 Å². The average Bonchev–Trinajstić information content (AvgIpc) is 3.44. The van der Waals surface area contributed by atoms with Gasteiger partial charge in [0.1, 0.15) is 10.8 Å². The van der Waals surface area contributed by atoms with Gasteiger partial charge in [-0.05, 0) is 61.2 Å². The van der Waals surface area contributed by atoms with Crippen molar-refractivity contribution >= 4 is 51.4 Å². The van der Waals surface area contributed by atoms with E-state index in [9.17, 15) is 4.79 Å². The maximum Gasteiger partial charge on any atom is 0.283 e. The van der Waals surface area contributed by atoms with Crippen LogP contribution in [0.15, 0.2) is 76.5 Å². The average molecular weight is 476 g/mol. The number of hydrazone groups is 1. The van der Waals surface area contributed by atoms with Crippen LogP contribution in [0.1, 0.15) is 16.8 Å². The number of carbonyl (C=O) groups excluding carboxylic acids is 1. The van der Waals surface area contributed by atoms with Crippen molar-refractivity contribution in [3.05, 3.63) is 88.2 Å². The number of hydrogen-bond donors (Lipinski definition) is 1. The van der Waals surface area contributed by atoms with E-state index in [1.54, 1.807) is 25.3 Å². The van der Waals surface area contributed by atoms with Crippen molar-refractivity contribution in [2.45, 2.75) is 6.92 Å². The summed E-state index contributed by atoms with van der Waals surface area (Å²) in [5.74, 6) is 0.0908. The van der Waals surface area contributed by atoms with Gasteiger partial charge in [0.25, 0.3) is 5.91 Å². The van der Waals surface area contributed by atoms with Gasteiger partial charge >= 0.3 is 0 Å². The molecule has 0 atom stereocenters. The predicted octanol–water partition coefficient (Wildman–Crippen LogP) is 5.12. The van der Waals surface area contributed by atoms with Crippen LogP contribution >= 0.6 is 23.4 Å². The van der Waals surface area contributed by atoms with Gasteiger partial charge in [0.15, 0.2) is 5.84 Å². The molecule has 0 bridgehead atoms. The van der Waals surface area contributed by atoms with Gasteiger partial charge in [-0.2, -0.15) is 15.1 Å². The summed E-state index contributed by atoms with van der Waals surface area (Å²) in [6, 6.07) is 17.1. The van der Waals surface area contributed by atoms with Crippen LogP contribution in [0.25, 0.3) is 11.8 Å². The molecule has 2 aliphatic heterocycles. The normalized spacial score (nSPS) is 16.7. The molecule has 1 amide bonds. The van der Waals surface area contributed by atoms with Crippen molar-refractivity contribution in [2.24, 2.45) is 10.1 Å². The summed E-state index contributed by atoms with van der Waals surface area (Å²) in [5, 5.41) is 16.2. The standard InChI is InChI=1S/C24H18ClN5O2S/c1-14-5-3-6-15(11-14)23-28-30-21(26)18(22(31)27-24(30)33-23)12-16-7-4-10-29(16)17-8-9-20(32-2)19(25)13-17/h3-13,26H,1-2H3/b18-12-,26-21?. The molecule has 33 heavy (non-hydrogen) atoms. The molecule has 3 aromatic rings. The summed E-state index contributed by atoms with van der Waals surface area (Å²) < 4.78 is 7.10. The Balaban J connectivity index is 1.49. The number of carbonyl (C=O) groups is 1. The Morgan fingerprint density at radius 3 is 2.76 bits per heavy atom. The number of aryl methyl sites for hydroxylation is 1. The number of benzene rings is 2. The van der Waals surface area contributed by atoms with E-state index in [1.807, 2.05) is 60.2 Å². The number of ether oxygens (including phenoxy) is 1. The zero-order chi connectivity index (χ0) is 23.1. The molecule has 7 nitrogen and oxygen atoms in total. The second-order valence-electron chi connectivity index (χ2n) is 7.42. The molecule has 2 aromatic carbocycles. The first-order valence-corrected chi connectivity index (χ1v) is 11.2. The number of rotatable bonds is 4. The third kappa shape index (κ3) is 3.88. The lowest BCUT2D eigenvalue weighted by molar-refractivity contribution is -0.114. The maximum atomic E-state index is 12.8. The number of nitrogens with one attached hydrogen (secondary N) is 1. The van der Waals surface area contributed by atoms with Gasteiger partial charge in [-0.15, -0.1) is 0 Å². The summed E-state index contributed by atoms with van der Waals surface area (Å²) in [6.45, 7) is 2.01. The van der Waals surface area contributed by atoms with Crippen LogP contribution in [0.5, 0.6) is 5.75 Å². The first kappa shape index (κ1) is 21.2. The van der Waals surface area contributed by atoms with Crippen LogP contribution in [-0.4, -0.2) is 38.6 Å². The lowest BCUT2D eigenvalue weighted by Gasteiger charge is -2.20. The Bertz CT molecular complexity index is 1410. The molecule has 3 heterocycles. The second kappa shape index (κ2) is 8.38. The molecule has 9 heteroatoms. The number of fused-ring (bicyclic) bond motifs is 1. The molecule has 0 spiro atoms. The minimum Gasteiger partial charge on any atom is -0.495 e. The summed E-state index contributed by atoms with van der Waals surface area (Å²) in [5.41, 5.74) is 3.70. The number of halogens is 1. The third-order valence-electron chi connectivity index (χ3n) is 5.21. The molecule has 5 rings (SSSR count). The highest BCUT2D eigenvalue weighted by atomic mass is 35.5. The number of methoxy groups -OCH3 is 1. The van der Waals surface area contributed by atoms with Gasteiger partial charge < -0.3 is 9.30 Å². The van der Waals surface area contributed by atoms with Crippen molar-refractivity contribution in [3.63, 3.8) is 0 Å². The van der Waals surface area contributed by atoms with Crippen LogP contribution in [0, 0.1) is 12.3 Å². The number of nitrogens with zero attached hydrogens (tertiary/aromatic N) is 4. The summed E-state index contributed by atoms with van der Waals surface area (Å²) >= 11 is 7.57. The smallest absolute Gasteiger partial charge is 0.283 e. The fourth-order valence-electron chi connectivity index (χ4n) is 3.59. The molecule has 164 valence electrons. The summed E-state index contributed by atoms with van der Waals surface area (Å²) in [7, 11) is 1.56. The van der Waals surface area contributed by atoms with Gasteiger partial charge in [-0.25, -0.2) is 0 Å². The first-order chi connectivity index (χ1) is 15.9. The number of hydrogen-bond acceptors (Lipinski definition) is 5. The van der Waals surface area contributed by atoms with E-state index in [1.165, 1.54) is 16.8 Å². The van der Waals surface area contributed by atoms with E-state index in [4.69, 9.17) is 21.7 Å². The highest BCUT2D eigenvalue weighted by Crippen LogP contribution is 2.32. The molecule has 2 aliphatic rings. The third-order valence-corrected chi connectivity index (χ3v) is 6.46. The quantitative estimate of drug-likeness (QED) is 0.531. The Morgan fingerprint density at radius 2 is 2.00 bits per heavy atom. The minimum atomic E-state index is -0.472. The van der Waals surface area contributed by atoms with Gasteiger partial charge in [-0.3, -0.25) is 10.2 Å². The van der Waals surface area contributed by atoms with Crippen LogP contribution in [0.4, 0.5) is 0 Å². The second-order valence-corrected chi connectivity index (χ2v) is 8.78. The molecular weight excluding hydrogens is 458 g/mol. The van der Waals surface area contributed by atoms with E-state index in [2.05, 4.69) is 10.1 Å². The lowest BCUT2D eigenvalue weighted by Crippen LogP contribution is -2.35. The van der Waals surface area contributed by atoms with E-state index in [-0.39, 0.29) is 11.4 Å². The van der Waals surface area contributed by atoms with Crippen LogP contribution in [0.2, 0.25) is 5.02 Å². The number of thioether (sulfide) groups is 1. The first-order valence-electron chi connectivity index (χ1n) is 10.0. The molecule has 0 fully saturated rings. The SMILES string of the molecule is COc1ccc(-n2cccc2/C=C2/C(=N)N3N=C(c4cccc(C)c4)SC3=NC2=O)cc1Cl. The highest BCUT2D eigenvalue weighted by molar-refractivity contribution is 8.27. The number of aliphatic imine (C=N–C) groups is 1. The van der Waals surface area contributed by atoms with Gasteiger partial charge in [-0.1, -0.05) is 35.4 Å². The zero-order valence-electron chi connectivity index (χ0n) is 17.7. The number of amides is 1. The van der Waals surface area contributed by atoms with Gasteiger partial charge in [0.2, 0.25) is 5.17 Å². The van der Waals surface area contributed by atoms with Crippen LogP contribution in [-0.2, 0) is 4.79 Å². The van der Waals surface area contributed by atoms with Crippen molar-refractivity contribution in [1.29, 1.82) is 5.41 Å². The lowest BCUT2D eigenvalue weighted by atomic mass is 10.1. The van der Waals surface area contributed by atoms with E-state index in [0.717, 1.165) is 16.8 Å². The van der Waals surface area contributed by atoms with Crippen molar-refractivity contribution in [2.75, 3.05) is 7.11 Å². The molecule has 0 saturated heterocycles. The summed E-state index contributed by atoms with van der Waals surface area (Å²) in [4.78, 5) is 17.0. The fourth-order valence-corrected chi connectivity index (χ4v) is 4.73. The van der Waals surface area contributed by atoms with Gasteiger partial charge in [0.05, 0.1) is 17.7 Å². The van der Waals surface area contributed by atoms with E-state index >= 15 is 0 Å². The monoisotopic (exact) mass is 475 g/mol. The molecule has 0 unspecified atom stereocenters. The fraction of sp³-hybridized carbons (Fsp3) is 0.0833. The topological polar surface area (TPSA) is 83.0 Å². The molecule has 1 aromatic heterocycles. The Kier molecular flexibility index (Phi) is 5.39. The summed E-state index contributed by atoms with van der Waals surface area (Å²) in [6.07, 6.45) is 3.50. The molecule has 0 aliphatic carbocycles. The predicted molar refractivity (Wildman–Crippen MR) is 133 cm³/mol. The van der Waals surface area contributed by atoms with E-state index in [0.29, 0.717) is 26.7 Å². The molecule has 0 saturated carbocycles. The van der Waals surface area contributed by atoms with Crippen molar-refractivity contribution in [1.82, 2.24) is 9.58 Å². The molecule has 0 radical (unpaired) electrons. The number of aromatic nitrogens is 1. The zero-order valence-corrected chi connectivity index (χ0v) is 19.3. The van der Waals surface area contributed by atoms with Crippen molar-refractivity contribution in [3.8, 4) is 11.4 Å². The maximum absolute atomic E-state index is 12.8. The van der Waals surface area contributed by atoms with Gasteiger partial charge in [0, 0.05) is 23.1 Å². The minimum absolute atomic E-state index is 0.0133. The van der Waals surface area contributed by atoms with Crippen molar-refractivity contribution < 1.29 is 9.53 Å². The highest BCUT2D eigenvalue weighted by Gasteiger charge is 2.36. The number of amidine groups is 2. The largest absolute Gasteiger partial charge is 0.495 e. The molecular formula is C24H18ClN5O2S. The Morgan fingerprint density at radius 1 is 1.15 bits per heavy atom.